The smallest absolute Gasteiger partial charge is 0.254 e. The Bertz CT molecular complexity index is 881. The Morgan fingerprint density at radius 3 is 2.34 bits per heavy atom. The number of benzene rings is 1. The molecule has 194 valence electrons. The molecule has 0 aliphatic carbocycles. The number of aromatic nitrogens is 1. The summed E-state index contributed by atoms with van der Waals surface area (Å²) in [4.78, 5) is 30.1. The van der Waals surface area contributed by atoms with Crippen LogP contribution in [-0.2, 0) is 27.9 Å². The summed E-state index contributed by atoms with van der Waals surface area (Å²) in [6.45, 7) is 7.62. The van der Waals surface area contributed by atoms with Crippen molar-refractivity contribution in [3.63, 3.8) is 0 Å². The number of carbonyl (C=O) groups excluding carboxylic acids is 2. The number of hydrogen-bond acceptors (Lipinski definition) is 5. The zero-order valence-corrected chi connectivity index (χ0v) is 21.7. The second-order valence-electron chi connectivity index (χ2n) is 8.42. The Morgan fingerprint density at radius 1 is 0.943 bits per heavy atom. The van der Waals surface area contributed by atoms with E-state index in [1.54, 1.807) is 29.0 Å². The van der Waals surface area contributed by atoms with Crippen molar-refractivity contribution in [2.75, 3.05) is 53.2 Å². The van der Waals surface area contributed by atoms with Crippen LogP contribution in [0, 0.1) is 0 Å². The molecule has 0 aliphatic heterocycles. The van der Waals surface area contributed by atoms with Crippen LogP contribution in [0.2, 0.25) is 0 Å². The molecule has 1 heterocycles. The highest BCUT2D eigenvalue weighted by molar-refractivity contribution is 5.96. The van der Waals surface area contributed by atoms with Crippen molar-refractivity contribution >= 4 is 11.8 Å². The maximum Gasteiger partial charge on any atom is 0.254 e. The maximum atomic E-state index is 13.4. The molecule has 0 spiro atoms. The normalized spacial score (nSPS) is 10.9. The van der Waals surface area contributed by atoms with Gasteiger partial charge in [0.25, 0.3) is 5.91 Å². The van der Waals surface area contributed by atoms with Crippen molar-refractivity contribution < 1.29 is 23.8 Å². The summed E-state index contributed by atoms with van der Waals surface area (Å²) in [5.74, 6) is 0.440. The molecule has 0 unspecified atom stereocenters. The standard InChI is InChI=1S/C27H41N3O5/c1-5-7-19-35-25-13-11-23(12-14-25)27(32)30(16-9-18-34-6-2)22-26(31)29(17-20-33-4)21-24-10-8-15-28(24)3/h8,10-15H,5-7,9,16-22H2,1-4H3. The van der Waals surface area contributed by atoms with Crippen LogP contribution >= 0.6 is 0 Å². The molecule has 2 rings (SSSR count). The quantitative estimate of drug-likeness (QED) is 0.318. The lowest BCUT2D eigenvalue weighted by Crippen LogP contribution is -2.44. The molecule has 0 saturated heterocycles. The van der Waals surface area contributed by atoms with E-state index in [2.05, 4.69) is 6.92 Å². The van der Waals surface area contributed by atoms with Gasteiger partial charge in [0.2, 0.25) is 5.91 Å². The molecule has 1 aromatic heterocycles. The van der Waals surface area contributed by atoms with Crippen LogP contribution in [0.25, 0.3) is 0 Å². The molecule has 0 bridgehead atoms. The third kappa shape index (κ3) is 9.74. The molecule has 0 aliphatic rings. The maximum absolute atomic E-state index is 13.4. The lowest BCUT2D eigenvalue weighted by Gasteiger charge is -2.28. The van der Waals surface area contributed by atoms with Gasteiger partial charge in [-0.15, -0.1) is 0 Å². The molecular formula is C27H41N3O5. The van der Waals surface area contributed by atoms with Crippen molar-refractivity contribution in [1.29, 1.82) is 0 Å². The van der Waals surface area contributed by atoms with Crippen LogP contribution in [0.5, 0.6) is 5.75 Å². The molecule has 0 saturated carbocycles. The molecule has 0 fully saturated rings. The first-order valence-electron chi connectivity index (χ1n) is 12.5. The number of ether oxygens (including phenoxy) is 3. The summed E-state index contributed by atoms with van der Waals surface area (Å²) in [5.41, 5.74) is 1.55. The fourth-order valence-corrected chi connectivity index (χ4v) is 3.58. The van der Waals surface area contributed by atoms with Gasteiger partial charge in [0.05, 0.1) is 19.8 Å². The SMILES string of the molecule is CCCCOc1ccc(C(=O)N(CCCOCC)CC(=O)N(CCOC)Cc2cccn2C)cc1. The van der Waals surface area contributed by atoms with Crippen LogP contribution in [0.1, 0.15) is 49.2 Å². The highest BCUT2D eigenvalue weighted by Gasteiger charge is 2.23. The van der Waals surface area contributed by atoms with E-state index in [0.717, 1.165) is 24.3 Å². The van der Waals surface area contributed by atoms with Crippen molar-refractivity contribution in [1.82, 2.24) is 14.4 Å². The topological polar surface area (TPSA) is 73.2 Å². The van der Waals surface area contributed by atoms with E-state index >= 15 is 0 Å². The molecular weight excluding hydrogens is 446 g/mol. The Morgan fingerprint density at radius 2 is 1.71 bits per heavy atom. The largest absolute Gasteiger partial charge is 0.494 e. The molecule has 8 heteroatoms. The van der Waals surface area contributed by atoms with Gasteiger partial charge in [-0.3, -0.25) is 9.59 Å². The molecule has 0 N–H and O–H groups in total. The Balaban J connectivity index is 2.12. The Labute approximate surface area is 209 Å². The highest BCUT2D eigenvalue weighted by atomic mass is 16.5. The van der Waals surface area contributed by atoms with Gasteiger partial charge >= 0.3 is 0 Å². The van der Waals surface area contributed by atoms with Crippen molar-refractivity contribution in [2.24, 2.45) is 7.05 Å². The fourth-order valence-electron chi connectivity index (χ4n) is 3.58. The monoisotopic (exact) mass is 487 g/mol. The van der Waals surface area contributed by atoms with Gasteiger partial charge in [0.1, 0.15) is 12.3 Å². The Hall–Kier alpha value is -2.84. The number of aryl methyl sites for hydroxylation is 1. The van der Waals surface area contributed by atoms with Gasteiger partial charge in [0, 0.05) is 57.9 Å². The molecule has 2 aromatic rings. The van der Waals surface area contributed by atoms with E-state index in [-0.39, 0.29) is 18.4 Å². The average molecular weight is 488 g/mol. The summed E-state index contributed by atoms with van der Waals surface area (Å²) in [5, 5.41) is 0. The van der Waals surface area contributed by atoms with Crippen LogP contribution in [0.4, 0.5) is 0 Å². The minimum atomic E-state index is -0.180. The molecule has 0 radical (unpaired) electrons. The number of nitrogens with zero attached hydrogens (tertiary/aromatic N) is 3. The van der Waals surface area contributed by atoms with Gasteiger partial charge in [-0.05, 0) is 56.2 Å². The molecule has 2 amide bonds. The number of rotatable bonds is 17. The molecule has 8 nitrogen and oxygen atoms in total. The lowest BCUT2D eigenvalue weighted by atomic mass is 10.1. The average Bonchev–Trinajstić information content (AvgIpc) is 3.27. The van der Waals surface area contributed by atoms with Crippen molar-refractivity contribution in [3.05, 3.63) is 53.9 Å². The van der Waals surface area contributed by atoms with Crippen LogP contribution in [-0.4, -0.2) is 79.4 Å². The van der Waals surface area contributed by atoms with Gasteiger partial charge < -0.3 is 28.6 Å². The first kappa shape index (κ1) is 28.4. The first-order chi connectivity index (χ1) is 17.0. The van der Waals surface area contributed by atoms with Crippen LogP contribution in [0.15, 0.2) is 42.6 Å². The number of amides is 2. The molecule has 0 atom stereocenters. The minimum absolute atomic E-state index is 0.00610. The van der Waals surface area contributed by atoms with Gasteiger partial charge in [-0.25, -0.2) is 0 Å². The fraction of sp³-hybridized carbons (Fsp3) is 0.556. The summed E-state index contributed by atoms with van der Waals surface area (Å²) >= 11 is 0. The first-order valence-corrected chi connectivity index (χ1v) is 12.5. The van der Waals surface area contributed by atoms with E-state index in [4.69, 9.17) is 14.2 Å². The van der Waals surface area contributed by atoms with Crippen LogP contribution in [0.3, 0.4) is 0 Å². The van der Waals surface area contributed by atoms with Crippen LogP contribution < -0.4 is 4.74 Å². The van der Waals surface area contributed by atoms with Gasteiger partial charge in [-0.1, -0.05) is 13.3 Å². The predicted octanol–water partition coefficient (Wildman–Crippen LogP) is 3.75. The number of methoxy groups -OCH3 is 1. The second kappa shape index (κ2) is 15.9. The van der Waals surface area contributed by atoms with E-state index < -0.39 is 0 Å². The third-order valence-corrected chi connectivity index (χ3v) is 5.72. The number of unbranched alkanes of at least 4 members (excludes halogenated alkanes) is 1. The third-order valence-electron chi connectivity index (χ3n) is 5.72. The lowest BCUT2D eigenvalue weighted by molar-refractivity contribution is -0.133. The van der Waals surface area contributed by atoms with Gasteiger partial charge in [0.15, 0.2) is 0 Å². The number of hydrogen-bond donors (Lipinski definition) is 0. The zero-order valence-electron chi connectivity index (χ0n) is 21.7. The van der Waals surface area contributed by atoms with Crippen molar-refractivity contribution in [3.8, 4) is 5.75 Å². The zero-order chi connectivity index (χ0) is 25.5. The summed E-state index contributed by atoms with van der Waals surface area (Å²) < 4.78 is 18.4. The van der Waals surface area contributed by atoms with E-state index in [9.17, 15) is 9.59 Å². The minimum Gasteiger partial charge on any atom is -0.494 e. The second-order valence-corrected chi connectivity index (χ2v) is 8.42. The molecule has 1 aromatic carbocycles. The van der Waals surface area contributed by atoms with E-state index in [1.807, 2.05) is 49.0 Å². The van der Waals surface area contributed by atoms with E-state index in [0.29, 0.717) is 58.0 Å². The summed E-state index contributed by atoms with van der Waals surface area (Å²) in [6.07, 6.45) is 4.65. The summed E-state index contributed by atoms with van der Waals surface area (Å²) in [6, 6.07) is 11.1. The van der Waals surface area contributed by atoms with Crippen molar-refractivity contribution in [2.45, 2.75) is 39.7 Å². The highest BCUT2D eigenvalue weighted by Crippen LogP contribution is 2.15. The summed E-state index contributed by atoms with van der Waals surface area (Å²) in [7, 11) is 3.57. The predicted molar refractivity (Wildman–Crippen MR) is 137 cm³/mol. The van der Waals surface area contributed by atoms with E-state index in [1.165, 1.54) is 0 Å². The number of carbonyl (C=O) groups is 2. The molecule has 35 heavy (non-hydrogen) atoms. The Kier molecular flexibility index (Phi) is 12.9. The van der Waals surface area contributed by atoms with Gasteiger partial charge in [-0.2, -0.15) is 0 Å².